The fourth-order valence-corrected chi connectivity index (χ4v) is 5.41. The summed E-state index contributed by atoms with van der Waals surface area (Å²) < 4.78 is 54.5. The van der Waals surface area contributed by atoms with Crippen molar-refractivity contribution in [1.29, 1.82) is 0 Å². The lowest BCUT2D eigenvalue weighted by atomic mass is 10.0. The van der Waals surface area contributed by atoms with Crippen LogP contribution in [-0.4, -0.2) is 57.6 Å². The van der Waals surface area contributed by atoms with Crippen molar-refractivity contribution in [3.63, 3.8) is 0 Å². The zero-order valence-corrected chi connectivity index (χ0v) is 18.3. The quantitative estimate of drug-likeness (QED) is 0.620. The van der Waals surface area contributed by atoms with E-state index < -0.39 is 28.0 Å². The Bertz CT molecular complexity index is 916. The van der Waals surface area contributed by atoms with E-state index in [-0.39, 0.29) is 37.7 Å². The first-order valence-corrected chi connectivity index (χ1v) is 12.4. The van der Waals surface area contributed by atoms with Gasteiger partial charge in [0.25, 0.3) is 5.91 Å². The van der Waals surface area contributed by atoms with Crippen molar-refractivity contribution in [2.24, 2.45) is 11.7 Å². The highest BCUT2D eigenvalue weighted by Gasteiger charge is 2.33. The van der Waals surface area contributed by atoms with E-state index in [0.717, 1.165) is 35.6 Å². The molecule has 1 atom stereocenters. The van der Waals surface area contributed by atoms with E-state index in [1.807, 2.05) is 4.72 Å². The van der Waals surface area contributed by atoms with Crippen LogP contribution in [0.15, 0.2) is 12.1 Å². The van der Waals surface area contributed by atoms with E-state index in [9.17, 15) is 17.6 Å². The number of ether oxygens (including phenoxy) is 2. The molecule has 1 aromatic carbocycles. The van der Waals surface area contributed by atoms with Gasteiger partial charge in [0.15, 0.2) is 0 Å². The fraction of sp³-hybridized carbons (Fsp3) is 0.667. The third kappa shape index (κ3) is 5.36. The van der Waals surface area contributed by atoms with E-state index in [4.69, 9.17) is 15.2 Å². The predicted octanol–water partition coefficient (Wildman–Crippen LogP) is 1.91. The molecule has 1 amide bonds. The number of halogens is 1. The molecule has 0 aromatic heterocycles. The second kappa shape index (κ2) is 9.40. The standard InChI is InChI=1S/C21H30FN3O5S/c22-19-10-20(30-13-14-3-1-2-4-14)17(15-5-6-15)9-18(19)21(26)24-31(27,28)25-7-8-29-16(11-23)12-25/h9-10,14-16H,1-8,11-13,23H2,(H,24,26)/t16-/m1/s1. The summed E-state index contributed by atoms with van der Waals surface area (Å²) in [6.45, 7) is 1.04. The molecule has 1 saturated heterocycles. The van der Waals surface area contributed by atoms with Crippen LogP contribution in [0, 0.1) is 11.7 Å². The Balaban J connectivity index is 1.49. The van der Waals surface area contributed by atoms with Crippen molar-refractivity contribution in [2.45, 2.75) is 50.5 Å². The summed E-state index contributed by atoms with van der Waals surface area (Å²) in [6, 6.07) is 2.67. The first-order valence-electron chi connectivity index (χ1n) is 11.0. The highest BCUT2D eigenvalue weighted by molar-refractivity contribution is 7.87. The van der Waals surface area contributed by atoms with E-state index in [2.05, 4.69) is 0 Å². The predicted molar refractivity (Wildman–Crippen MR) is 113 cm³/mol. The van der Waals surface area contributed by atoms with E-state index in [1.54, 1.807) is 0 Å². The zero-order valence-electron chi connectivity index (χ0n) is 17.5. The number of hydrogen-bond acceptors (Lipinski definition) is 6. The minimum Gasteiger partial charge on any atom is -0.493 e. The third-order valence-electron chi connectivity index (χ3n) is 6.24. The number of nitrogens with two attached hydrogens (primary N) is 1. The van der Waals surface area contributed by atoms with Gasteiger partial charge < -0.3 is 15.2 Å². The van der Waals surface area contributed by atoms with E-state index in [1.165, 1.54) is 25.0 Å². The van der Waals surface area contributed by atoms with Crippen molar-refractivity contribution in [1.82, 2.24) is 9.03 Å². The van der Waals surface area contributed by atoms with Crippen molar-refractivity contribution < 1.29 is 27.1 Å². The van der Waals surface area contributed by atoms with Gasteiger partial charge in [0.1, 0.15) is 11.6 Å². The number of rotatable bonds is 8. The Morgan fingerprint density at radius 1 is 1.26 bits per heavy atom. The number of nitrogens with one attached hydrogen (secondary N) is 1. The van der Waals surface area contributed by atoms with Gasteiger partial charge in [-0.05, 0) is 49.1 Å². The topological polar surface area (TPSA) is 111 Å². The molecule has 0 radical (unpaired) electrons. The molecule has 0 bridgehead atoms. The monoisotopic (exact) mass is 455 g/mol. The van der Waals surface area contributed by atoms with Gasteiger partial charge in [-0.15, -0.1) is 0 Å². The normalized spacial score (nSPS) is 23.1. The maximum Gasteiger partial charge on any atom is 0.304 e. The number of morpholine rings is 1. The first kappa shape index (κ1) is 22.4. The second-order valence-corrected chi connectivity index (χ2v) is 10.3. The summed E-state index contributed by atoms with van der Waals surface area (Å²) in [5.74, 6) is -0.621. The third-order valence-corrected chi connectivity index (χ3v) is 7.69. The molecular formula is C21H30FN3O5S. The van der Waals surface area contributed by atoms with Crippen LogP contribution in [0.1, 0.15) is 60.4 Å². The summed E-state index contributed by atoms with van der Waals surface area (Å²) in [6.07, 6.45) is 6.08. The number of benzene rings is 1. The van der Waals surface area contributed by atoms with Crippen LogP contribution in [0.25, 0.3) is 0 Å². The summed E-state index contributed by atoms with van der Waals surface area (Å²) >= 11 is 0. The zero-order chi connectivity index (χ0) is 22.0. The Morgan fingerprint density at radius 3 is 2.68 bits per heavy atom. The molecule has 0 spiro atoms. The number of carbonyl (C=O) groups is 1. The molecule has 8 nitrogen and oxygen atoms in total. The number of carbonyl (C=O) groups excluding carboxylic acids is 1. The average molecular weight is 456 g/mol. The second-order valence-electron chi connectivity index (χ2n) is 8.63. The molecule has 3 aliphatic rings. The molecule has 31 heavy (non-hydrogen) atoms. The molecule has 1 aromatic rings. The Hall–Kier alpha value is -1.75. The number of nitrogens with zero attached hydrogens (tertiary/aromatic N) is 1. The minimum absolute atomic E-state index is 0.0445. The van der Waals surface area contributed by atoms with Gasteiger partial charge in [-0.3, -0.25) is 4.79 Å². The smallest absolute Gasteiger partial charge is 0.304 e. The van der Waals surface area contributed by atoms with Gasteiger partial charge in [0.05, 0.1) is 24.9 Å². The molecule has 2 saturated carbocycles. The summed E-state index contributed by atoms with van der Waals surface area (Å²) in [4.78, 5) is 12.7. The minimum atomic E-state index is -4.14. The summed E-state index contributed by atoms with van der Waals surface area (Å²) in [5.41, 5.74) is 6.04. The van der Waals surface area contributed by atoms with Crippen LogP contribution >= 0.6 is 0 Å². The molecule has 10 heteroatoms. The van der Waals surface area contributed by atoms with Crippen molar-refractivity contribution in [3.8, 4) is 5.75 Å². The molecule has 3 fully saturated rings. The van der Waals surface area contributed by atoms with Crippen molar-refractivity contribution in [2.75, 3.05) is 32.8 Å². The maximum atomic E-state index is 14.8. The van der Waals surface area contributed by atoms with Crippen molar-refractivity contribution >= 4 is 16.1 Å². The molecule has 2 aliphatic carbocycles. The Morgan fingerprint density at radius 2 is 2.00 bits per heavy atom. The molecule has 3 N–H and O–H groups in total. The van der Waals surface area contributed by atoms with Gasteiger partial charge in [-0.2, -0.15) is 12.7 Å². The largest absolute Gasteiger partial charge is 0.493 e. The van der Waals surface area contributed by atoms with Crippen LogP contribution in [0.4, 0.5) is 4.39 Å². The van der Waals surface area contributed by atoms with Gasteiger partial charge in [0, 0.05) is 25.7 Å². The van der Waals surface area contributed by atoms with Gasteiger partial charge in [-0.1, -0.05) is 12.8 Å². The molecule has 4 rings (SSSR count). The maximum absolute atomic E-state index is 14.8. The SMILES string of the molecule is NC[C@@H]1CN(S(=O)(=O)NC(=O)c2cc(C3CC3)c(OCC3CCCC3)cc2F)CCO1. The number of hydrogen-bond donors (Lipinski definition) is 2. The molecule has 0 unspecified atom stereocenters. The highest BCUT2D eigenvalue weighted by atomic mass is 32.2. The van der Waals surface area contributed by atoms with Crippen LogP contribution in [-0.2, 0) is 14.9 Å². The van der Waals surface area contributed by atoms with Gasteiger partial charge >= 0.3 is 10.2 Å². The van der Waals surface area contributed by atoms with Gasteiger partial charge in [-0.25, -0.2) is 9.11 Å². The van der Waals surface area contributed by atoms with E-state index in [0.29, 0.717) is 18.3 Å². The van der Waals surface area contributed by atoms with Crippen LogP contribution in [0.3, 0.4) is 0 Å². The highest BCUT2D eigenvalue weighted by Crippen LogP contribution is 2.45. The van der Waals surface area contributed by atoms with Crippen LogP contribution in [0.5, 0.6) is 5.75 Å². The molecular weight excluding hydrogens is 425 g/mol. The first-order chi connectivity index (χ1) is 14.9. The van der Waals surface area contributed by atoms with E-state index >= 15 is 0 Å². The molecule has 172 valence electrons. The lowest BCUT2D eigenvalue weighted by Gasteiger charge is -2.31. The lowest BCUT2D eigenvalue weighted by molar-refractivity contribution is 0.00414. The van der Waals surface area contributed by atoms with Crippen LogP contribution in [0.2, 0.25) is 0 Å². The van der Waals surface area contributed by atoms with Crippen molar-refractivity contribution in [3.05, 3.63) is 29.1 Å². The van der Waals surface area contributed by atoms with Gasteiger partial charge in [0.2, 0.25) is 0 Å². The summed E-state index contributed by atoms with van der Waals surface area (Å²) in [5, 5.41) is 0. The summed E-state index contributed by atoms with van der Waals surface area (Å²) in [7, 11) is -4.14. The molecule has 1 aliphatic heterocycles. The molecule has 1 heterocycles. The average Bonchev–Trinajstić information content (AvgIpc) is 3.46. The lowest BCUT2D eigenvalue weighted by Crippen LogP contribution is -2.52. The Labute approximate surface area is 182 Å². The fourth-order valence-electron chi connectivity index (χ4n) is 4.26. The number of amides is 1. The van der Waals surface area contributed by atoms with Crippen LogP contribution < -0.4 is 15.2 Å². The Kier molecular flexibility index (Phi) is 6.80.